The van der Waals surface area contributed by atoms with Crippen LogP contribution in [0.5, 0.6) is 0 Å². The summed E-state index contributed by atoms with van der Waals surface area (Å²) in [6.07, 6.45) is 5.34. The van der Waals surface area contributed by atoms with Gasteiger partial charge in [-0.3, -0.25) is 9.98 Å². The Balaban J connectivity index is 3.45. The summed E-state index contributed by atoms with van der Waals surface area (Å²) < 4.78 is 0. The molecule has 0 spiro atoms. The molecule has 1 rings (SSSR count). The molecule has 0 saturated carbocycles. The molecule has 0 fully saturated rings. The summed E-state index contributed by atoms with van der Waals surface area (Å²) >= 11 is 0. The van der Waals surface area contributed by atoms with E-state index in [0.717, 1.165) is 16.0 Å². The highest BCUT2D eigenvalue weighted by Gasteiger charge is 1.86. The van der Waals surface area contributed by atoms with Crippen molar-refractivity contribution in [1.82, 2.24) is 4.98 Å². The van der Waals surface area contributed by atoms with E-state index in [9.17, 15) is 0 Å². The van der Waals surface area contributed by atoms with Crippen molar-refractivity contribution in [2.45, 2.75) is 6.92 Å². The van der Waals surface area contributed by atoms with E-state index in [0.29, 0.717) is 0 Å². The highest BCUT2D eigenvalue weighted by atomic mass is 14.6. The topological polar surface area (TPSA) is 25.2 Å². The monoisotopic (exact) mass is 160 g/mol. The maximum Gasteiger partial charge on any atom is 0.0340 e. The van der Waals surface area contributed by atoms with E-state index in [-0.39, 0.29) is 0 Å². The van der Waals surface area contributed by atoms with Gasteiger partial charge in [0.15, 0.2) is 0 Å². The van der Waals surface area contributed by atoms with Crippen molar-refractivity contribution in [3.05, 3.63) is 28.9 Å². The van der Waals surface area contributed by atoms with Gasteiger partial charge in [-0.25, -0.2) is 0 Å². The van der Waals surface area contributed by atoms with Crippen LogP contribution in [0.3, 0.4) is 0 Å². The Morgan fingerprint density at radius 2 is 2.42 bits per heavy atom. The van der Waals surface area contributed by atoms with Gasteiger partial charge in [0.05, 0.1) is 0 Å². The van der Waals surface area contributed by atoms with E-state index in [4.69, 9.17) is 0 Å². The first kappa shape index (κ1) is 8.65. The average Bonchev–Trinajstić information content (AvgIpc) is 2.05. The maximum atomic E-state index is 3.97. The lowest BCUT2D eigenvalue weighted by molar-refractivity contribution is 1.27. The Labute approximate surface area is 72.0 Å². The van der Waals surface area contributed by atoms with Gasteiger partial charge in [-0.15, -0.1) is 0 Å². The van der Waals surface area contributed by atoms with Crippen molar-refractivity contribution in [2.24, 2.45) is 4.99 Å². The molecule has 12 heavy (non-hydrogen) atoms. The fraction of sp³-hybridized carbons (Fsp3) is 0.200. The summed E-state index contributed by atoms with van der Waals surface area (Å²) in [5.74, 6) is 0. The van der Waals surface area contributed by atoms with Crippen LogP contribution in [0.15, 0.2) is 23.5 Å². The summed E-state index contributed by atoms with van der Waals surface area (Å²) in [6, 6.07) is 1.94. The summed E-state index contributed by atoms with van der Waals surface area (Å²) in [6.45, 7) is 5.89. The third-order valence-corrected chi connectivity index (χ3v) is 1.65. The molecule has 0 amide bonds. The minimum absolute atomic E-state index is 0.940. The second-order valence-corrected chi connectivity index (χ2v) is 2.60. The van der Waals surface area contributed by atoms with Gasteiger partial charge in [0.1, 0.15) is 0 Å². The standard InChI is InChI=1S/C10H12N2/c1-8(6-11-3)10-4-5-12-7-9(10)2/h4-7H,2H2,1,3H3/b10-8-,11-6-. The van der Waals surface area contributed by atoms with Crippen LogP contribution >= 0.6 is 0 Å². The van der Waals surface area contributed by atoms with Crippen LogP contribution in [0.2, 0.25) is 0 Å². The summed E-state index contributed by atoms with van der Waals surface area (Å²) in [5.41, 5.74) is 1.12. The highest BCUT2D eigenvalue weighted by Crippen LogP contribution is 1.81. The third-order valence-electron chi connectivity index (χ3n) is 1.65. The molecule has 1 aromatic rings. The molecule has 0 atom stereocenters. The van der Waals surface area contributed by atoms with Crippen molar-refractivity contribution in [2.75, 3.05) is 7.05 Å². The minimum atomic E-state index is 0.940. The molecule has 0 aromatic carbocycles. The molecule has 0 unspecified atom stereocenters. The lowest BCUT2D eigenvalue weighted by Crippen LogP contribution is -2.25. The van der Waals surface area contributed by atoms with Crippen LogP contribution in [0.1, 0.15) is 6.92 Å². The number of hydrogen-bond acceptors (Lipinski definition) is 2. The molecule has 62 valence electrons. The number of nitrogens with zero attached hydrogens (tertiary/aromatic N) is 2. The van der Waals surface area contributed by atoms with Crippen molar-refractivity contribution in [3.63, 3.8) is 0 Å². The van der Waals surface area contributed by atoms with Crippen molar-refractivity contribution >= 4 is 18.4 Å². The second-order valence-electron chi connectivity index (χ2n) is 2.60. The van der Waals surface area contributed by atoms with Gasteiger partial charge in [-0.2, -0.15) is 0 Å². The van der Waals surface area contributed by atoms with Gasteiger partial charge in [-0.1, -0.05) is 6.58 Å². The van der Waals surface area contributed by atoms with E-state index in [1.54, 1.807) is 19.4 Å². The van der Waals surface area contributed by atoms with Gasteiger partial charge >= 0.3 is 0 Å². The van der Waals surface area contributed by atoms with Crippen molar-refractivity contribution < 1.29 is 0 Å². The number of aromatic nitrogens is 1. The zero-order valence-electron chi connectivity index (χ0n) is 7.41. The molecule has 1 heterocycles. The molecule has 0 aliphatic heterocycles. The zero-order chi connectivity index (χ0) is 8.97. The largest absolute Gasteiger partial charge is 0.296 e. The van der Waals surface area contributed by atoms with E-state index in [1.807, 2.05) is 19.2 Å². The maximum absolute atomic E-state index is 3.97. The molecule has 2 nitrogen and oxygen atoms in total. The molecule has 0 aliphatic carbocycles. The lowest BCUT2D eigenvalue weighted by Gasteiger charge is -1.91. The van der Waals surface area contributed by atoms with E-state index < -0.39 is 0 Å². The molecular formula is C10H12N2. The predicted molar refractivity (Wildman–Crippen MR) is 52.5 cm³/mol. The summed E-state index contributed by atoms with van der Waals surface area (Å²) in [4.78, 5) is 7.91. The van der Waals surface area contributed by atoms with Gasteiger partial charge in [0.25, 0.3) is 0 Å². The van der Waals surface area contributed by atoms with E-state index in [2.05, 4.69) is 16.6 Å². The Bertz CT molecular complexity index is 391. The first-order valence-electron chi connectivity index (χ1n) is 3.77. The Hall–Kier alpha value is -1.44. The normalized spacial score (nSPS) is 13.5. The molecule has 0 N–H and O–H groups in total. The van der Waals surface area contributed by atoms with Crippen molar-refractivity contribution in [3.8, 4) is 0 Å². The number of pyridine rings is 1. The number of aliphatic imine (C=N–C) groups is 1. The SMILES string of the molecule is C=c1cncc/c1=C(C)/C=N\C. The summed E-state index contributed by atoms with van der Waals surface area (Å²) in [7, 11) is 1.76. The van der Waals surface area contributed by atoms with Gasteiger partial charge in [-0.05, 0) is 29.0 Å². The minimum Gasteiger partial charge on any atom is -0.296 e. The van der Waals surface area contributed by atoms with Crippen LogP contribution in [0, 0.1) is 0 Å². The molecule has 0 aliphatic rings. The van der Waals surface area contributed by atoms with Crippen molar-refractivity contribution in [1.29, 1.82) is 0 Å². The predicted octanol–water partition coefficient (Wildman–Crippen LogP) is 0.363. The molecule has 0 radical (unpaired) electrons. The van der Waals surface area contributed by atoms with Crippen LogP contribution < -0.4 is 10.4 Å². The van der Waals surface area contributed by atoms with Crippen LogP contribution in [0.4, 0.5) is 0 Å². The van der Waals surface area contributed by atoms with E-state index >= 15 is 0 Å². The fourth-order valence-corrected chi connectivity index (χ4v) is 1.08. The first-order chi connectivity index (χ1) is 5.75. The molecule has 0 saturated heterocycles. The second kappa shape index (κ2) is 3.81. The van der Waals surface area contributed by atoms with Crippen LogP contribution in [0.25, 0.3) is 12.2 Å². The quantitative estimate of drug-likeness (QED) is 0.545. The molecule has 2 heteroatoms. The molecular weight excluding hydrogens is 148 g/mol. The third kappa shape index (κ3) is 1.78. The van der Waals surface area contributed by atoms with Gasteiger partial charge in [0.2, 0.25) is 0 Å². The fourth-order valence-electron chi connectivity index (χ4n) is 1.08. The van der Waals surface area contributed by atoms with E-state index in [1.165, 1.54) is 0 Å². The number of rotatable bonds is 1. The Kier molecular flexibility index (Phi) is 2.75. The Morgan fingerprint density at radius 1 is 1.67 bits per heavy atom. The highest BCUT2D eigenvalue weighted by molar-refractivity contribution is 6.00. The Morgan fingerprint density at radius 3 is 3.00 bits per heavy atom. The summed E-state index contributed by atoms with van der Waals surface area (Å²) in [5, 5.41) is 2.05. The first-order valence-corrected chi connectivity index (χ1v) is 3.77. The van der Waals surface area contributed by atoms with Crippen LogP contribution in [-0.4, -0.2) is 18.2 Å². The smallest absolute Gasteiger partial charge is 0.0340 e. The lowest BCUT2D eigenvalue weighted by atomic mass is 10.2. The number of hydrogen-bond donors (Lipinski definition) is 0. The zero-order valence-corrected chi connectivity index (χ0v) is 7.41. The molecule has 0 bridgehead atoms. The average molecular weight is 160 g/mol. The molecule has 1 aromatic heterocycles. The van der Waals surface area contributed by atoms with Crippen LogP contribution in [-0.2, 0) is 0 Å². The van der Waals surface area contributed by atoms with Gasteiger partial charge < -0.3 is 0 Å². The van der Waals surface area contributed by atoms with Gasteiger partial charge in [0, 0.05) is 25.7 Å².